The van der Waals surface area contributed by atoms with Crippen LogP contribution in [0.15, 0.2) is 0 Å². The molecule has 5 aliphatic rings. The van der Waals surface area contributed by atoms with Crippen molar-refractivity contribution in [2.24, 2.45) is 0 Å². The summed E-state index contributed by atoms with van der Waals surface area (Å²) in [7, 11) is -46.7. The predicted molar refractivity (Wildman–Crippen MR) is 257 cm³/mol. The van der Waals surface area contributed by atoms with Crippen molar-refractivity contribution in [2.45, 2.75) is 153 Å². The fourth-order valence-corrected chi connectivity index (χ4v) is 12.5. The number of nitrogens with one attached hydrogen (secondary N) is 3. The molecular weight excluding hydrogens is 1440 g/mol. The molecule has 60 heteroatoms. The fourth-order valence-electron chi connectivity index (χ4n) is 8.80. The van der Waals surface area contributed by atoms with E-state index >= 15 is 0 Å². The van der Waals surface area contributed by atoms with Crippen LogP contribution < -0.4 is 14.2 Å². The van der Waals surface area contributed by atoms with E-state index in [1.54, 1.807) is 0 Å². The van der Waals surface area contributed by atoms with Gasteiger partial charge in [-0.1, -0.05) is 0 Å². The van der Waals surface area contributed by atoms with Crippen molar-refractivity contribution in [3.05, 3.63) is 0 Å². The van der Waals surface area contributed by atoms with Gasteiger partial charge in [-0.15, -0.1) is 0 Å². The van der Waals surface area contributed by atoms with Crippen molar-refractivity contribution in [2.75, 3.05) is 19.8 Å². The Morgan fingerprint density at radius 2 is 0.700 bits per heavy atom. The second-order valence-corrected chi connectivity index (χ2v) is 27.4. The number of rotatable bonds is 29. The molecule has 90 heavy (non-hydrogen) atoms. The Morgan fingerprint density at radius 1 is 0.333 bits per heavy atom. The van der Waals surface area contributed by atoms with Gasteiger partial charge in [0, 0.05) is 0 Å². The van der Waals surface area contributed by atoms with Crippen molar-refractivity contribution in [1.82, 2.24) is 14.2 Å². The lowest BCUT2D eigenvalue weighted by Crippen LogP contribution is -2.71. The number of aliphatic hydroxyl groups excluding tert-OH is 7. The maximum absolute atomic E-state index is 12.9. The summed E-state index contributed by atoms with van der Waals surface area (Å²) in [5.41, 5.74) is 0. The van der Waals surface area contributed by atoms with E-state index in [4.69, 9.17) is 51.7 Å². The summed E-state index contributed by atoms with van der Waals surface area (Å²) in [6, 6.07) is -8.42. The minimum Gasteiger partial charge on any atom is -0.479 e. The number of aliphatic hydroxyl groups is 7. The lowest BCUT2D eigenvalue weighted by molar-refractivity contribution is -0.372. The third-order valence-electron chi connectivity index (χ3n) is 12.2. The van der Waals surface area contributed by atoms with Gasteiger partial charge in [-0.3, -0.25) is 36.4 Å². The average Bonchev–Trinajstić information content (AvgIpc) is 0.771. The molecule has 0 spiro atoms. The van der Waals surface area contributed by atoms with Crippen LogP contribution in [0.2, 0.25) is 0 Å². The number of ether oxygens (including phenoxy) is 9. The molecule has 5 heterocycles. The van der Waals surface area contributed by atoms with Gasteiger partial charge in [-0.2, -0.15) is 81.5 Å². The number of carboxylic acid groups (broad SMARTS) is 2. The summed E-state index contributed by atoms with van der Waals surface area (Å²) < 4.78 is 339. The average molecular weight is 1490 g/mol. The molecule has 0 aliphatic carbocycles. The van der Waals surface area contributed by atoms with Crippen LogP contribution in [-0.4, -0.2) is 335 Å². The monoisotopic (exact) mass is 1490 g/mol. The van der Waals surface area contributed by atoms with E-state index < -0.39 is 268 Å². The summed E-state index contributed by atoms with van der Waals surface area (Å²) in [6.45, 7) is -5.16. The van der Waals surface area contributed by atoms with Crippen LogP contribution in [0.4, 0.5) is 0 Å². The van der Waals surface area contributed by atoms with Crippen LogP contribution >= 0.6 is 0 Å². The molecule has 5 aliphatic heterocycles. The van der Waals surface area contributed by atoms with Gasteiger partial charge in [-0.25, -0.2) is 30.5 Å². The standard InChI is InChI=1S/C30H51N3O49S8/c34-10-4(1-69-86(54,55)56)73-27(8(11(10)35)32-84(48,49)50)77-19-13(37)14(38)29(79-22(19)24(40)41)76-17-6(3-71-88(60,61)62)74-28(9(33-85(51,52)53)18(17)81-89(63,64)65)78-20-15(39)21(82-90(66,67)68)30(80-23(20)25(42)43)75-16-5(2-70-87(57,58)59)72-26(44)7(12(16)36)31-83(45,46)47/h4-23,26-39,44H,1-3H2,(H,40,41)(H,42,43)(H,45,46,47)(H,48,49,50)(H,51,52,53)(H,54,55,56)(H,57,58,59)(H,60,61,62)(H,63,64,65)(H,66,67,68)/t4-,5?,6?,7?,8?,9?,10+,11?,12+,13?,14-,15?,16+,17+,18+,19-,20-,21-,22+,23?,26-,27+,28+,29+,30+/m0/s1. The molecule has 0 radical (unpaired) electrons. The second kappa shape index (κ2) is 29.3. The van der Waals surface area contributed by atoms with Crippen LogP contribution in [0.1, 0.15) is 0 Å². The third-order valence-corrected chi connectivity index (χ3v) is 16.2. The van der Waals surface area contributed by atoms with Crippen LogP contribution in [0.25, 0.3) is 0 Å². The van der Waals surface area contributed by atoms with Gasteiger partial charge in [0.1, 0.15) is 104 Å². The van der Waals surface area contributed by atoms with Gasteiger partial charge in [0.2, 0.25) is 0 Å². The summed E-state index contributed by atoms with van der Waals surface area (Å²) in [5.74, 6) is -4.94. The summed E-state index contributed by atoms with van der Waals surface area (Å²) in [5, 5.41) is 97.8. The Labute approximate surface area is 502 Å². The largest absolute Gasteiger partial charge is 0.479 e. The summed E-state index contributed by atoms with van der Waals surface area (Å²) in [4.78, 5) is 25.7. The van der Waals surface area contributed by atoms with E-state index in [1.165, 1.54) is 9.44 Å². The first kappa shape index (κ1) is 78.0. The molecule has 0 aromatic carbocycles. The number of carboxylic acids is 2. The van der Waals surface area contributed by atoms with Crippen LogP contribution in [-0.2, 0) is 156 Å². The summed E-state index contributed by atoms with van der Waals surface area (Å²) in [6.07, 6.45) is -64.7. The number of hydrogen-bond acceptors (Lipinski definition) is 39. The molecule has 0 bridgehead atoms. The molecule has 25 atom stereocenters. The van der Waals surface area contributed by atoms with Gasteiger partial charge in [-0.05, 0) is 0 Å². The van der Waals surface area contributed by atoms with Crippen molar-refractivity contribution in [1.29, 1.82) is 0 Å². The molecule has 0 aromatic heterocycles. The van der Waals surface area contributed by atoms with E-state index in [9.17, 15) is 150 Å². The Morgan fingerprint density at radius 3 is 1.14 bits per heavy atom. The first-order valence-corrected chi connectivity index (χ1v) is 34.3. The molecule has 0 aromatic rings. The highest BCUT2D eigenvalue weighted by Crippen LogP contribution is 2.38. The van der Waals surface area contributed by atoms with Crippen LogP contribution in [0.3, 0.4) is 0 Å². The van der Waals surface area contributed by atoms with Gasteiger partial charge in [0.25, 0.3) is 0 Å². The van der Waals surface area contributed by atoms with E-state index in [0.717, 1.165) is 4.72 Å². The molecule has 5 saturated heterocycles. The predicted octanol–water partition coefficient (Wildman–Crippen LogP) is -14.4. The van der Waals surface area contributed by atoms with Gasteiger partial charge in [0.05, 0.1) is 19.8 Å². The number of carbonyl (C=O) groups is 2. The Bertz CT molecular complexity index is 3470. The first-order valence-electron chi connectivity index (χ1n) is 23.2. The lowest BCUT2D eigenvalue weighted by Gasteiger charge is -2.50. The van der Waals surface area contributed by atoms with Crippen molar-refractivity contribution in [3.8, 4) is 0 Å². The zero-order chi connectivity index (χ0) is 68.7. The molecule has 20 N–H and O–H groups in total. The first-order chi connectivity index (χ1) is 40.6. The highest BCUT2D eigenvalue weighted by molar-refractivity contribution is 7.84. The van der Waals surface area contributed by atoms with Crippen molar-refractivity contribution >= 4 is 94.8 Å². The van der Waals surface area contributed by atoms with Crippen molar-refractivity contribution < 1.29 is 223 Å². The van der Waals surface area contributed by atoms with Gasteiger partial charge >= 0.3 is 94.8 Å². The topological polar surface area (TPSA) is 816 Å². The Balaban J connectivity index is 1.59. The van der Waals surface area contributed by atoms with Crippen LogP contribution in [0, 0.1) is 0 Å². The van der Waals surface area contributed by atoms with Crippen molar-refractivity contribution in [3.63, 3.8) is 0 Å². The SMILES string of the molecule is O=C(O)C1O[C@@H](O[C@@H]2C(COS(=O)(=O)O)O[C@H](O)C(NS(=O)(=O)O)[C@H]2O)[C@@H](OS(=O)(=O)O)C(O)[C@@H]1O[C@H]1OC(COS(=O)(=O)O)[C@@H](O[C@@H]2O[C@@H](C(=O)O)[C@@H](O[C@H]3O[C@@H](COS(=O)(=O)O)[C@@H](O)C(O)C3NS(=O)(=O)O)C(O)[C@@H]2O)[C@H](OS(=O)(=O)O)C1NS(=O)(=O)O. The van der Waals surface area contributed by atoms with E-state index in [-0.39, 0.29) is 0 Å². The van der Waals surface area contributed by atoms with E-state index in [2.05, 4.69) is 20.9 Å². The molecule has 9 unspecified atom stereocenters. The molecule has 52 nitrogen and oxygen atoms in total. The molecule has 0 saturated carbocycles. The van der Waals surface area contributed by atoms with E-state index in [1.807, 2.05) is 0 Å². The quantitative estimate of drug-likeness (QED) is 0.0309. The summed E-state index contributed by atoms with van der Waals surface area (Å²) >= 11 is 0. The molecule has 5 rings (SSSR count). The minimum atomic E-state index is -6.36. The third kappa shape index (κ3) is 22.4. The Kier molecular flexibility index (Phi) is 25.4. The minimum absolute atomic E-state index is 1.09. The highest BCUT2D eigenvalue weighted by Gasteiger charge is 2.61. The van der Waals surface area contributed by atoms with E-state index in [0.29, 0.717) is 0 Å². The second-order valence-electron chi connectivity index (χ2n) is 18.5. The smallest absolute Gasteiger partial charge is 0.397 e. The lowest BCUT2D eigenvalue weighted by atomic mass is 9.94. The highest BCUT2D eigenvalue weighted by atomic mass is 32.3. The zero-order valence-corrected chi connectivity index (χ0v) is 49.5. The molecular formula is C30H51N3O49S8. The van der Waals surface area contributed by atoms with Crippen LogP contribution in [0.5, 0.6) is 0 Å². The normalized spacial score (nSPS) is 38.9. The molecule has 0 amide bonds. The molecule has 5 fully saturated rings. The zero-order valence-electron chi connectivity index (χ0n) is 43.0. The number of aliphatic carboxylic acids is 2. The van der Waals surface area contributed by atoms with Gasteiger partial charge < -0.3 is 88.6 Å². The van der Waals surface area contributed by atoms with Gasteiger partial charge in [0.15, 0.2) is 49.8 Å². The maximum Gasteiger partial charge on any atom is 0.397 e. The number of hydrogen-bond donors (Lipinski definition) is 20. The maximum atomic E-state index is 12.9. The Hall–Kier alpha value is -2.74. The fraction of sp³-hybridized carbons (Fsp3) is 0.933. The molecule has 528 valence electrons.